The van der Waals surface area contributed by atoms with Crippen molar-refractivity contribution in [3.63, 3.8) is 0 Å². The van der Waals surface area contributed by atoms with Crippen LogP contribution < -0.4 is 5.32 Å². The molecule has 0 fully saturated rings. The van der Waals surface area contributed by atoms with Crippen LogP contribution in [0.1, 0.15) is 11.1 Å². The first-order chi connectivity index (χ1) is 9.34. The monoisotopic (exact) mass is 248 g/mol. The first-order valence-electron chi connectivity index (χ1n) is 6.47. The number of fused-ring (bicyclic) bond motifs is 1. The minimum absolute atomic E-state index is 0.834. The molecule has 0 amide bonds. The van der Waals surface area contributed by atoms with Gasteiger partial charge < -0.3 is 5.32 Å². The molecule has 1 aromatic heterocycles. The highest BCUT2D eigenvalue weighted by atomic mass is 14.9. The Hall–Kier alpha value is -2.35. The third-order valence-corrected chi connectivity index (χ3v) is 3.38. The Balaban J connectivity index is 1.88. The average Bonchev–Trinajstić information content (AvgIpc) is 2.46. The van der Waals surface area contributed by atoms with Gasteiger partial charge in [-0.3, -0.25) is 4.98 Å². The number of aromatic nitrogens is 1. The van der Waals surface area contributed by atoms with Gasteiger partial charge in [0.05, 0.1) is 5.52 Å². The summed E-state index contributed by atoms with van der Waals surface area (Å²) in [5.74, 6) is 0. The third kappa shape index (κ3) is 2.43. The van der Waals surface area contributed by atoms with Crippen molar-refractivity contribution in [2.24, 2.45) is 0 Å². The molecule has 0 aliphatic rings. The summed E-state index contributed by atoms with van der Waals surface area (Å²) in [6.45, 7) is 2.97. The number of benzene rings is 2. The second-order valence-corrected chi connectivity index (χ2v) is 4.66. The Morgan fingerprint density at radius 1 is 0.947 bits per heavy atom. The molecule has 94 valence electrons. The molecule has 0 unspecified atom stereocenters. The second-order valence-electron chi connectivity index (χ2n) is 4.66. The number of pyridine rings is 1. The van der Waals surface area contributed by atoms with Gasteiger partial charge >= 0.3 is 0 Å². The molecule has 3 aromatic rings. The van der Waals surface area contributed by atoms with E-state index < -0.39 is 0 Å². The summed E-state index contributed by atoms with van der Waals surface area (Å²) < 4.78 is 0. The van der Waals surface area contributed by atoms with E-state index in [1.807, 2.05) is 24.4 Å². The standard InChI is InChI=1S/C17H16N2/c1-13-6-2-3-7-14(13)12-19-17-10-4-9-16-15(17)8-5-11-18-16/h2-11,19H,12H2,1H3. The summed E-state index contributed by atoms with van der Waals surface area (Å²) in [6, 6.07) is 18.7. The van der Waals surface area contributed by atoms with Gasteiger partial charge in [-0.05, 0) is 42.3 Å². The zero-order valence-electron chi connectivity index (χ0n) is 10.9. The highest BCUT2D eigenvalue weighted by Gasteiger charge is 2.01. The van der Waals surface area contributed by atoms with Gasteiger partial charge in [-0.2, -0.15) is 0 Å². The van der Waals surface area contributed by atoms with Crippen LogP contribution in [0.3, 0.4) is 0 Å². The lowest BCUT2D eigenvalue weighted by atomic mass is 10.1. The zero-order valence-corrected chi connectivity index (χ0v) is 10.9. The minimum Gasteiger partial charge on any atom is -0.380 e. The summed E-state index contributed by atoms with van der Waals surface area (Å²) in [5, 5.41) is 4.67. The molecule has 3 rings (SSSR count). The van der Waals surface area contributed by atoms with Crippen molar-refractivity contribution in [1.82, 2.24) is 4.98 Å². The molecule has 0 saturated carbocycles. The number of rotatable bonds is 3. The van der Waals surface area contributed by atoms with Crippen molar-refractivity contribution in [2.75, 3.05) is 5.32 Å². The fourth-order valence-electron chi connectivity index (χ4n) is 2.26. The predicted octanol–water partition coefficient (Wildman–Crippen LogP) is 4.16. The van der Waals surface area contributed by atoms with Gasteiger partial charge in [0.25, 0.3) is 0 Å². The van der Waals surface area contributed by atoms with E-state index >= 15 is 0 Å². The van der Waals surface area contributed by atoms with Crippen molar-refractivity contribution < 1.29 is 0 Å². The molecule has 0 spiro atoms. The Bertz CT molecular complexity index is 699. The normalized spacial score (nSPS) is 10.6. The van der Waals surface area contributed by atoms with Gasteiger partial charge in [0.15, 0.2) is 0 Å². The van der Waals surface area contributed by atoms with E-state index in [1.165, 1.54) is 16.5 Å². The predicted molar refractivity (Wildman–Crippen MR) is 80.2 cm³/mol. The highest BCUT2D eigenvalue weighted by molar-refractivity contribution is 5.91. The van der Waals surface area contributed by atoms with Crippen LogP contribution in [0.2, 0.25) is 0 Å². The molecule has 2 nitrogen and oxygen atoms in total. The van der Waals surface area contributed by atoms with Gasteiger partial charge in [0, 0.05) is 23.8 Å². The Morgan fingerprint density at radius 3 is 2.74 bits per heavy atom. The molecule has 0 aliphatic heterocycles. The molecule has 0 aliphatic carbocycles. The van der Waals surface area contributed by atoms with Crippen LogP contribution >= 0.6 is 0 Å². The smallest absolute Gasteiger partial charge is 0.0722 e. The molecule has 0 atom stereocenters. The lowest BCUT2D eigenvalue weighted by Crippen LogP contribution is -2.01. The lowest BCUT2D eigenvalue weighted by molar-refractivity contribution is 1.12. The van der Waals surface area contributed by atoms with E-state index in [-0.39, 0.29) is 0 Å². The molecule has 2 heteroatoms. The van der Waals surface area contributed by atoms with E-state index in [1.54, 1.807) is 0 Å². The summed E-state index contributed by atoms with van der Waals surface area (Å²) in [7, 11) is 0. The number of nitrogens with one attached hydrogen (secondary N) is 1. The Kier molecular flexibility index (Phi) is 3.15. The van der Waals surface area contributed by atoms with Crippen molar-refractivity contribution >= 4 is 16.6 Å². The highest BCUT2D eigenvalue weighted by Crippen LogP contribution is 2.22. The maximum Gasteiger partial charge on any atom is 0.0722 e. The van der Waals surface area contributed by atoms with Crippen LogP contribution in [0.5, 0.6) is 0 Å². The van der Waals surface area contributed by atoms with Gasteiger partial charge in [0.2, 0.25) is 0 Å². The van der Waals surface area contributed by atoms with Crippen LogP contribution in [-0.2, 0) is 6.54 Å². The van der Waals surface area contributed by atoms with Gasteiger partial charge in [-0.15, -0.1) is 0 Å². The van der Waals surface area contributed by atoms with Crippen LogP contribution in [0, 0.1) is 6.92 Å². The summed E-state index contributed by atoms with van der Waals surface area (Å²) in [5.41, 5.74) is 4.79. The van der Waals surface area contributed by atoms with E-state index in [0.717, 1.165) is 17.7 Å². The van der Waals surface area contributed by atoms with E-state index in [2.05, 4.69) is 53.6 Å². The average molecular weight is 248 g/mol. The van der Waals surface area contributed by atoms with Crippen LogP contribution in [0.15, 0.2) is 60.8 Å². The lowest BCUT2D eigenvalue weighted by Gasteiger charge is -2.11. The Morgan fingerprint density at radius 2 is 1.84 bits per heavy atom. The van der Waals surface area contributed by atoms with Crippen LogP contribution in [-0.4, -0.2) is 4.98 Å². The van der Waals surface area contributed by atoms with E-state index in [0.29, 0.717) is 0 Å². The SMILES string of the molecule is Cc1ccccc1CNc1cccc2ncccc12. The first-order valence-corrected chi connectivity index (χ1v) is 6.47. The van der Waals surface area contributed by atoms with Gasteiger partial charge in [-0.25, -0.2) is 0 Å². The fraction of sp³-hybridized carbons (Fsp3) is 0.118. The van der Waals surface area contributed by atoms with Gasteiger partial charge in [-0.1, -0.05) is 30.3 Å². The number of nitrogens with zero attached hydrogens (tertiary/aromatic N) is 1. The maximum absolute atomic E-state index is 4.37. The Labute approximate surface area is 113 Å². The van der Waals surface area contributed by atoms with Gasteiger partial charge in [0.1, 0.15) is 0 Å². The quantitative estimate of drug-likeness (QED) is 0.753. The number of aryl methyl sites for hydroxylation is 1. The second kappa shape index (κ2) is 5.11. The molecule has 0 bridgehead atoms. The summed E-state index contributed by atoms with van der Waals surface area (Å²) in [6.07, 6.45) is 1.83. The molecular weight excluding hydrogens is 232 g/mol. The number of anilines is 1. The molecule has 0 saturated heterocycles. The molecule has 1 heterocycles. The first kappa shape index (κ1) is 11.7. The van der Waals surface area contributed by atoms with Crippen molar-refractivity contribution in [2.45, 2.75) is 13.5 Å². The van der Waals surface area contributed by atoms with Crippen LogP contribution in [0.4, 0.5) is 5.69 Å². The van der Waals surface area contributed by atoms with Crippen LogP contribution in [0.25, 0.3) is 10.9 Å². The molecule has 1 N–H and O–H groups in total. The van der Waals surface area contributed by atoms with E-state index in [9.17, 15) is 0 Å². The van der Waals surface area contributed by atoms with Crippen molar-refractivity contribution in [1.29, 1.82) is 0 Å². The van der Waals surface area contributed by atoms with Crippen molar-refractivity contribution in [3.8, 4) is 0 Å². The third-order valence-electron chi connectivity index (χ3n) is 3.38. The zero-order chi connectivity index (χ0) is 13.1. The number of hydrogen-bond acceptors (Lipinski definition) is 2. The molecule has 19 heavy (non-hydrogen) atoms. The molecule has 2 aromatic carbocycles. The maximum atomic E-state index is 4.37. The summed E-state index contributed by atoms with van der Waals surface area (Å²) >= 11 is 0. The number of hydrogen-bond donors (Lipinski definition) is 1. The molecular formula is C17H16N2. The topological polar surface area (TPSA) is 24.9 Å². The minimum atomic E-state index is 0.834. The summed E-state index contributed by atoms with van der Waals surface area (Å²) in [4.78, 5) is 4.37. The van der Waals surface area contributed by atoms with Crippen molar-refractivity contribution in [3.05, 3.63) is 71.9 Å². The fourth-order valence-corrected chi connectivity index (χ4v) is 2.26. The largest absolute Gasteiger partial charge is 0.380 e. The molecule has 0 radical (unpaired) electrons. The van der Waals surface area contributed by atoms with E-state index in [4.69, 9.17) is 0 Å².